The van der Waals surface area contributed by atoms with E-state index < -0.39 is 6.04 Å². The molecule has 152 valence electrons. The van der Waals surface area contributed by atoms with Crippen molar-refractivity contribution in [2.45, 2.75) is 44.7 Å². The van der Waals surface area contributed by atoms with Gasteiger partial charge in [-0.05, 0) is 47.9 Å². The molecule has 0 aromatic heterocycles. The Bertz CT molecular complexity index is 882. The fraction of sp³-hybridized carbons (Fsp3) is 0.417. The standard InChI is InChI=1S/C24H27FN2O2/c1-15(2)12-22-23(28)26-21(17-6-4-3-5-7-17)14-27(22)24(29)20-13-19(20)16-8-10-18(25)11-9-16/h3-11,15,19-22H,12-14H2,1-2H3,(H,26,28). The molecule has 1 saturated carbocycles. The lowest BCUT2D eigenvalue weighted by atomic mass is 9.95. The summed E-state index contributed by atoms with van der Waals surface area (Å²) in [5.41, 5.74) is 2.00. The molecular formula is C24H27FN2O2. The predicted molar refractivity (Wildman–Crippen MR) is 110 cm³/mol. The molecule has 1 N–H and O–H groups in total. The number of benzene rings is 2. The average Bonchev–Trinajstić information content (AvgIpc) is 3.50. The zero-order valence-electron chi connectivity index (χ0n) is 16.8. The average molecular weight is 394 g/mol. The first-order valence-corrected chi connectivity index (χ1v) is 10.3. The van der Waals surface area contributed by atoms with Crippen LogP contribution in [0.4, 0.5) is 4.39 Å². The van der Waals surface area contributed by atoms with E-state index in [0.717, 1.165) is 17.5 Å². The van der Waals surface area contributed by atoms with Gasteiger partial charge in [0.15, 0.2) is 0 Å². The minimum absolute atomic E-state index is 0.0424. The highest BCUT2D eigenvalue weighted by molar-refractivity contribution is 5.91. The highest BCUT2D eigenvalue weighted by Crippen LogP contribution is 2.49. The predicted octanol–water partition coefficient (Wildman–Crippen LogP) is 4.04. The summed E-state index contributed by atoms with van der Waals surface area (Å²) < 4.78 is 13.2. The topological polar surface area (TPSA) is 49.4 Å². The van der Waals surface area contributed by atoms with Crippen LogP contribution in [0, 0.1) is 17.7 Å². The van der Waals surface area contributed by atoms with Crippen molar-refractivity contribution in [3.8, 4) is 0 Å². The normalized spacial score (nSPS) is 26.3. The van der Waals surface area contributed by atoms with E-state index >= 15 is 0 Å². The van der Waals surface area contributed by atoms with Crippen LogP contribution in [0.5, 0.6) is 0 Å². The molecule has 1 saturated heterocycles. The van der Waals surface area contributed by atoms with Crippen LogP contribution in [-0.2, 0) is 9.59 Å². The van der Waals surface area contributed by atoms with Gasteiger partial charge in [0.2, 0.25) is 11.8 Å². The van der Waals surface area contributed by atoms with Crippen LogP contribution >= 0.6 is 0 Å². The van der Waals surface area contributed by atoms with Crippen LogP contribution in [0.2, 0.25) is 0 Å². The Balaban J connectivity index is 1.54. The van der Waals surface area contributed by atoms with Crippen molar-refractivity contribution in [1.82, 2.24) is 10.2 Å². The molecule has 0 spiro atoms. The van der Waals surface area contributed by atoms with E-state index in [2.05, 4.69) is 19.2 Å². The molecule has 5 heteroatoms. The third-order valence-corrected chi connectivity index (χ3v) is 5.96. The lowest BCUT2D eigenvalue weighted by molar-refractivity contribution is -0.146. The summed E-state index contributed by atoms with van der Waals surface area (Å²) in [6.45, 7) is 4.62. The van der Waals surface area contributed by atoms with Crippen molar-refractivity contribution < 1.29 is 14.0 Å². The number of halogens is 1. The van der Waals surface area contributed by atoms with Gasteiger partial charge in [0, 0.05) is 12.5 Å². The van der Waals surface area contributed by atoms with Gasteiger partial charge < -0.3 is 10.2 Å². The summed E-state index contributed by atoms with van der Waals surface area (Å²) in [5, 5.41) is 3.11. The van der Waals surface area contributed by atoms with E-state index in [-0.39, 0.29) is 35.5 Å². The lowest BCUT2D eigenvalue weighted by Gasteiger charge is -2.40. The minimum atomic E-state index is -0.433. The molecule has 29 heavy (non-hydrogen) atoms. The SMILES string of the molecule is CC(C)CC1C(=O)NC(c2ccccc2)CN1C(=O)C1CC1c1ccc(F)cc1. The summed E-state index contributed by atoms with van der Waals surface area (Å²) in [6, 6.07) is 15.6. The van der Waals surface area contributed by atoms with Crippen molar-refractivity contribution in [1.29, 1.82) is 0 Å². The molecule has 0 bridgehead atoms. The van der Waals surface area contributed by atoms with Crippen LogP contribution in [0.3, 0.4) is 0 Å². The number of amides is 2. The van der Waals surface area contributed by atoms with Gasteiger partial charge in [0.25, 0.3) is 0 Å². The molecular weight excluding hydrogens is 367 g/mol. The van der Waals surface area contributed by atoms with Crippen LogP contribution in [0.25, 0.3) is 0 Å². The second kappa shape index (κ2) is 7.97. The number of carbonyl (C=O) groups excluding carboxylic acids is 2. The van der Waals surface area contributed by atoms with Gasteiger partial charge in [0.05, 0.1) is 6.04 Å². The fourth-order valence-corrected chi connectivity index (χ4v) is 4.34. The Morgan fingerprint density at radius 1 is 1.10 bits per heavy atom. The maximum atomic E-state index is 13.4. The number of hydrogen-bond donors (Lipinski definition) is 1. The summed E-state index contributed by atoms with van der Waals surface area (Å²) in [4.78, 5) is 28.1. The van der Waals surface area contributed by atoms with Crippen molar-refractivity contribution >= 4 is 11.8 Å². The molecule has 2 aliphatic rings. The van der Waals surface area contributed by atoms with Gasteiger partial charge in [-0.25, -0.2) is 4.39 Å². The number of nitrogens with zero attached hydrogens (tertiary/aromatic N) is 1. The monoisotopic (exact) mass is 394 g/mol. The van der Waals surface area contributed by atoms with Crippen molar-refractivity contribution in [3.63, 3.8) is 0 Å². The van der Waals surface area contributed by atoms with Gasteiger partial charge in [-0.1, -0.05) is 56.3 Å². The van der Waals surface area contributed by atoms with Crippen LogP contribution in [0.15, 0.2) is 54.6 Å². The van der Waals surface area contributed by atoms with Crippen LogP contribution in [0.1, 0.15) is 49.8 Å². The Kier molecular flexibility index (Phi) is 5.39. The molecule has 2 amide bonds. The van der Waals surface area contributed by atoms with Crippen molar-refractivity contribution in [3.05, 3.63) is 71.5 Å². The number of rotatable bonds is 5. The third-order valence-electron chi connectivity index (χ3n) is 5.96. The Morgan fingerprint density at radius 2 is 1.79 bits per heavy atom. The number of hydrogen-bond acceptors (Lipinski definition) is 2. The quantitative estimate of drug-likeness (QED) is 0.832. The molecule has 1 heterocycles. The molecule has 0 radical (unpaired) electrons. The van der Waals surface area contributed by atoms with Crippen LogP contribution < -0.4 is 5.32 Å². The van der Waals surface area contributed by atoms with E-state index in [1.807, 2.05) is 30.3 Å². The largest absolute Gasteiger partial charge is 0.346 e. The highest BCUT2D eigenvalue weighted by Gasteiger charge is 2.49. The van der Waals surface area contributed by atoms with E-state index in [9.17, 15) is 14.0 Å². The Labute approximate surface area is 171 Å². The second-order valence-corrected chi connectivity index (χ2v) is 8.61. The summed E-state index contributed by atoms with van der Waals surface area (Å²) >= 11 is 0. The van der Waals surface area contributed by atoms with Gasteiger partial charge in [-0.3, -0.25) is 9.59 Å². The lowest BCUT2D eigenvalue weighted by Crippen LogP contribution is -2.59. The van der Waals surface area contributed by atoms with Gasteiger partial charge in [-0.2, -0.15) is 0 Å². The van der Waals surface area contributed by atoms with Gasteiger partial charge in [-0.15, -0.1) is 0 Å². The molecule has 2 fully saturated rings. The number of piperazine rings is 1. The summed E-state index contributed by atoms with van der Waals surface area (Å²) in [7, 11) is 0. The number of carbonyl (C=O) groups is 2. The molecule has 4 atom stereocenters. The highest BCUT2D eigenvalue weighted by atomic mass is 19.1. The molecule has 4 unspecified atom stereocenters. The van der Waals surface area contributed by atoms with Crippen LogP contribution in [-0.4, -0.2) is 29.3 Å². The van der Waals surface area contributed by atoms with Crippen molar-refractivity contribution in [2.75, 3.05) is 6.54 Å². The van der Waals surface area contributed by atoms with E-state index in [4.69, 9.17) is 0 Å². The van der Waals surface area contributed by atoms with Gasteiger partial charge >= 0.3 is 0 Å². The fourth-order valence-electron chi connectivity index (χ4n) is 4.34. The molecule has 2 aromatic carbocycles. The van der Waals surface area contributed by atoms with Gasteiger partial charge in [0.1, 0.15) is 11.9 Å². The first kappa shape index (κ1) is 19.6. The molecule has 1 aliphatic carbocycles. The Hall–Kier alpha value is -2.69. The van der Waals surface area contributed by atoms with E-state index in [1.54, 1.807) is 17.0 Å². The Morgan fingerprint density at radius 3 is 2.45 bits per heavy atom. The summed E-state index contributed by atoms with van der Waals surface area (Å²) in [6.07, 6.45) is 1.40. The maximum Gasteiger partial charge on any atom is 0.243 e. The zero-order chi connectivity index (χ0) is 20.5. The van der Waals surface area contributed by atoms with E-state index in [1.165, 1.54) is 12.1 Å². The zero-order valence-corrected chi connectivity index (χ0v) is 16.8. The first-order chi connectivity index (χ1) is 13.9. The first-order valence-electron chi connectivity index (χ1n) is 10.3. The molecule has 1 aliphatic heterocycles. The molecule has 2 aromatic rings. The number of nitrogens with one attached hydrogen (secondary N) is 1. The van der Waals surface area contributed by atoms with Crippen molar-refractivity contribution in [2.24, 2.45) is 11.8 Å². The minimum Gasteiger partial charge on any atom is -0.346 e. The van der Waals surface area contributed by atoms with E-state index in [0.29, 0.717) is 18.9 Å². The molecule has 4 nitrogen and oxygen atoms in total. The molecule has 4 rings (SSSR count). The maximum absolute atomic E-state index is 13.4. The summed E-state index contributed by atoms with van der Waals surface area (Å²) in [5.74, 6) is -0.0126. The third kappa shape index (κ3) is 4.19. The second-order valence-electron chi connectivity index (χ2n) is 8.61. The smallest absolute Gasteiger partial charge is 0.243 e.